The Morgan fingerprint density at radius 1 is 1.21 bits per heavy atom. The number of thiophene rings is 1. The Bertz CT molecular complexity index is 834. The van der Waals surface area contributed by atoms with Crippen LogP contribution in [0, 0.1) is 0 Å². The topological polar surface area (TPSA) is 49.2 Å². The van der Waals surface area contributed by atoms with Crippen LogP contribution in [0.4, 0.5) is 0 Å². The van der Waals surface area contributed by atoms with Crippen LogP contribution in [0.1, 0.15) is 5.56 Å². The molecular formula is C16H16BrN3O2S2. The van der Waals surface area contributed by atoms with Gasteiger partial charge in [-0.2, -0.15) is 0 Å². The zero-order valence-corrected chi connectivity index (χ0v) is 16.7. The van der Waals surface area contributed by atoms with Gasteiger partial charge in [0.15, 0.2) is 22.5 Å². The predicted octanol–water partition coefficient (Wildman–Crippen LogP) is 4.62. The summed E-state index contributed by atoms with van der Waals surface area (Å²) >= 11 is 6.88. The number of ether oxygens (including phenoxy) is 2. The summed E-state index contributed by atoms with van der Waals surface area (Å²) in [5.74, 6) is 3.06. The summed E-state index contributed by atoms with van der Waals surface area (Å²) in [4.78, 5) is 1.11. The predicted molar refractivity (Wildman–Crippen MR) is 101 cm³/mol. The Hall–Kier alpha value is -1.51. The highest BCUT2D eigenvalue weighted by Gasteiger charge is 2.14. The first-order valence-corrected chi connectivity index (χ1v) is 9.76. The molecule has 0 aliphatic heterocycles. The molecule has 0 atom stereocenters. The summed E-state index contributed by atoms with van der Waals surface area (Å²) < 4.78 is 13.7. The SMILES string of the molecule is COc1cc(Br)c(CSc2nnc(-c3cccs3)n2C)cc1OC. The fourth-order valence-electron chi connectivity index (χ4n) is 2.21. The smallest absolute Gasteiger partial charge is 0.191 e. The van der Waals surface area contributed by atoms with Crippen molar-refractivity contribution in [2.45, 2.75) is 10.9 Å². The molecule has 24 heavy (non-hydrogen) atoms. The van der Waals surface area contributed by atoms with Crippen LogP contribution in [0.25, 0.3) is 10.7 Å². The van der Waals surface area contributed by atoms with Gasteiger partial charge in [-0.15, -0.1) is 21.5 Å². The van der Waals surface area contributed by atoms with Crippen LogP contribution in [0.3, 0.4) is 0 Å². The van der Waals surface area contributed by atoms with Crippen molar-refractivity contribution < 1.29 is 9.47 Å². The van der Waals surface area contributed by atoms with Gasteiger partial charge in [0, 0.05) is 17.3 Å². The lowest BCUT2D eigenvalue weighted by molar-refractivity contribution is 0.354. The molecule has 0 aliphatic rings. The van der Waals surface area contributed by atoms with Crippen molar-refractivity contribution in [2.75, 3.05) is 14.2 Å². The molecule has 126 valence electrons. The maximum atomic E-state index is 5.37. The van der Waals surface area contributed by atoms with Gasteiger partial charge in [0.25, 0.3) is 0 Å². The molecule has 0 radical (unpaired) electrons. The van der Waals surface area contributed by atoms with E-state index in [0.717, 1.165) is 31.6 Å². The van der Waals surface area contributed by atoms with Crippen molar-refractivity contribution in [3.05, 3.63) is 39.7 Å². The second kappa shape index (κ2) is 7.58. The Balaban J connectivity index is 1.79. The lowest BCUT2D eigenvalue weighted by Crippen LogP contribution is -1.96. The molecule has 2 aromatic heterocycles. The van der Waals surface area contributed by atoms with E-state index in [-0.39, 0.29) is 0 Å². The number of aromatic nitrogens is 3. The highest BCUT2D eigenvalue weighted by molar-refractivity contribution is 9.10. The number of methoxy groups -OCH3 is 2. The van der Waals surface area contributed by atoms with Crippen molar-refractivity contribution >= 4 is 39.0 Å². The second-order valence-electron chi connectivity index (χ2n) is 4.93. The quantitative estimate of drug-likeness (QED) is 0.539. The molecule has 0 N–H and O–H groups in total. The molecule has 5 nitrogen and oxygen atoms in total. The molecular weight excluding hydrogens is 410 g/mol. The monoisotopic (exact) mass is 425 g/mol. The van der Waals surface area contributed by atoms with Crippen LogP contribution < -0.4 is 9.47 Å². The van der Waals surface area contributed by atoms with Gasteiger partial charge in [0.2, 0.25) is 0 Å². The summed E-state index contributed by atoms with van der Waals surface area (Å²) in [5, 5.41) is 11.5. The minimum atomic E-state index is 0.705. The van der Waals surface area contributed by atoms with E-state index in [9.17, 15) is 0 Å². The molecule has 0 unspecified atom stereocenters. The number of nitrogens with zero attached hydrogens (tertiary/aromatic N) is 3. The molecule has 3 rings (SSSR count). The van der Waals surface area contributed by atoms with Crippen LogP contribution in [-0.4, -0.2) is 29.0 Å². The van der Waals surface area contributed by atoms with E-state index in [1.165, 1.54) is 0 Å². The van der Waals surface area contributed by atoms with Crippen LogP contribution in [0.2, 0.25) is 0 Å². The average Bonchev–Trinajstić information content (AvgIpc) is 3.23. The van der Waals surface area contributed by atoms with E-state index in [1.54, 1.807) is 37.3 Å². The van der Waals surface area contributed by atoms with Crippen molar-refractivity contribution in [3.8, 4) is 22.2 Å². The largest absolute Gasteiger partial charge is 0.493 e. The van der Waals surface area contributed by atoms with Crippen molar-refractivity contribution in [2.24, 2.45) is 7.05 Å². The van der Waals surface area contributed by atoms with Gasteiger partial charge in [-0.25, -0.2) is 0 Å². The molecule has 0 saturated heterocycles. The molecule has 0 fully saturated rings. The Morgan fingerprint density at radius 2 is 1.96 bits per heavy atom. The Labute approximate surface area is 157 Å². The first kappa shape index (κ1) is 17.3. The summed E-state index contributed by atoms with van der Waals surface area (Å²) in [6, 6.07) is 7.96. The van der Waals surface area contributed by atoms with Gasteiger partial charge in [-0.05, 0) is 29.1 Å². The molecule has 0 amide bonds. The fraction of sp³-hybridized carbons (Fsp3) is 0.250. The van der Waals surface area contributed by atoms with Crippen LogP contribution >= 0.6 is 39.0 Å². The normalized spacial score (nSPS) is 10.8. The van der Waals surface area contributed by atoms with E-state index < -0.39 is 0 Å². The minimum Gasteiger partial charge on any atom is -0.493 e. The molecule has 0 aliphatic carbocycles. The van der Waals surface area contributed by atoms with E-state index >= 15 is 0 Å². The highest BCUT2D eigenvalue weighted by atomic mass is 79.9. The van der Waals surface area contributed by atoms with E-state index in [0.29, 0.717) is 11.5 Å². The highest BCUT2D eigenvalue weighted by Crippen LogP contribution is 2.36. The van der Waals surface area contributed by atoms with Gasteiger partial charge >= 0.3 is 0 Å². The van der Waals surface area contributed by atoms with Gasteiger partial charge in [-0.1, -0.05) is 33.8 Å². The van der Waals surface area contributed by atoms with Gasteiger partial charge in [-0.3, -0.25) is 0 Å². The standard InChI is InChI=1S/C16H16BrN3O2S2/c1-20-15(14-5-4-6-23-14)18-19-16(20)24-9-10-7-12(21-2)13(22-3)8-11(10)17/h4-8H,9H2,1-3H3. The third-order valence-corrected chi connectivity index (χ3v) is 6.16. The van der Waals surface area contributed by atoms with Crippen molar-refractivity contribution in [3.63, 3.8) is 0 Å². The van der Waals surface area contributed by atoms with E-state index in [2.05, 4.69) is 26.1 Å². The number of halogens is 1. The summed E-state index contributed by atoms with van der Waals surface area (Å²) in [6.45, 7) is 0. The maximum absolute atomic E-state index is 5.37. The van der Waals surface area contributed by atoms with Gasteiger partial charge < -0.3 is 14.0 Å². The molecule has 0 bridgehead atoms. The zero-order chi connectivity index (χ0) is 17.1. The average molecular weight is 426 g/mol. The Kier molecular flexibility index (Phi) is 5.47. The molecule has 0 spiro atoms. The van der Waals surface area contributed by atoms with Crippen LogP contribution in [-0.2, 0) is 12.8 Å². The maximum Gasteiger partial charge on any atom is 0.191 e. The second-order valence-corrected chi connectivity index (χ2v) is 7.67. The summed E-state index contributed by atoms with van der Waals surface area (Å²) in [5.41, 5.74) is 1.11. The Morgan fingerprint density at radius 3 is 2.62 bits per heavy atom. The van der Waals surface area contributed by atoms with Gasteiger partial charge in [0.05, 0.1) is 19.1 Å². The third kappa shape index (κ3) is 3.45. The number of benzene rings is 1. The number of thioether (sulfide) groups is 1. The first-order valence-electron chi connectivity index (χ1n) is 7.10. The molecule has 2 heterocycles. The summed E-state index contributed by atoms with van der Waals surface area (Å²) in [6.07, 6.45) is 0. The minimum absolute atomic E-state index is 0.705. The number of hydrogen-bond donors (Lipinski definition) is 0. The van der Waals surface area contributed by atoms with Crippen LogP contribution in [0.15, 0.2) is 39.3 Å². The molecule has 1 aromatic carbocycles. The third-order valence-electron chi connectivity index (χ3n) is 3.49. The molecule has 3 aromatic rings. The van der Waals surface area contributed by atoms with Crippen molar-refractivity contribution in [1.29, 1.82) is 0 Å². The lowest BCUT2D eigenvalue weighted by atomic mass is 10.2. The molecule has 0 saturated carbocycles. The van der Waals surface area contributed by atoms with Crippen LogP contribution in [0.5, 0.6) is 11.5 Å². The van der Waals surface area contributed by atoms with Crippen molar-refractivity contribution in [1.82, 2.24) is 14.8 Å². The van der Waals surface area contributed by atoms with E-state index in [1.807, 2.05) is 41.3 Å². The van der Waals surface area contributed by atoms with E-state index in [4.69, 9.17) is 9.47 Å². The number of rotatable bonds is 6. The number of hydrogen-bond acceptors (Lipinski definition) is 6. The fourth-order valence-corrected chi connectivity index (χ4v) is 4.50. The zero-order valence-electron chi connectivity index (χ0n) is 13.4. The summed E-state index contributed by atoms with van der Waals surface area (Å²) in [7, 11) is 5.25. The first-order chi connectivity index (χ1) is 11.6. The molecule has 8 heteroatoms. The van der Waals surface area contributed by atoms with Gasteiger partial charge in [0.1, 0.15) is 0 Å². The lowest BCUT2D eigenvalue weighted by Gasteiger charge is -2.11.